The van der Waals surface area contributed by atoms with E-state index < -0.39 is 0 Å². The lowest BCUT2D eigenvalue weighted by Crippen LogP contribution is -2.54. The Morgan fingerprint density at radius 1 is 1.19 bits per heavy atom. The van der Waals surface area contributed by atoms with Gasteiger partial charge in [-0.25, -0.2) is 4.98 Å². The van der Waals surface area contributed by atoms with Crippen molar-refractivity contribution in [3.05, 3.63) is 10.6 Å². The van der Waals surface area contributed by atoms with Crippen LogP contribution in [0.4, 0.5) is 5.13 Å². The van der Waals surface area contributed by atoms with Gasteiger partial charge in [0.25, 0.3) is 0 Å². The molecule has 1 N–H and O–H groups in total. The molecule has 1 amide bonds. The average molecular weight is 305 g/mol. The highest BCUT2D eigenvalue weighted by Crippen LogP contribution is 2.35. The fraction of sp³-hybridized carbons (Fsp3) is 0.667. The predicted molar refractivity (Wildman–Crippen MR) is 80.9 cm³/mol. The van der Waals surface area contributed by atoms with Crippen LogP contribution in [-0.2, 0) is 11.2 Å². The summed E-state index contributed by atoms with van der Waals surface area (Å²) in [5, 5.41) is 4.11. The topological polar surface area (TPSA) is 62.3 Å². The molecule has 0 spiro atoms. The molecule has 0 aromatic carbocycles. The Kier molecular flexibility index (Phi) is 3.21. The van der Waals surface area contributed by atoms with Gasteiger partial charge in [-0.1, -0.05) is 0 Å². The molecule has 6 heteroatoms. The quantitative estimate of drug-likeness (QED) is 0.859. The van der Waals surface area contributed by atoms with Crippen molar-refractivity contribution in [2.75, 3.05) is 18.0 Å². The summed E-state index contributed by atoms with van der Waals surface area (Å²) in [6, 6.07) is 0.332. The Hall–Kier alpha value is -1.43. The number of Topliss-reactive ketones (excluding diaryl/α,β-unsaturated/α-hetero) is 1. The minimum atomic E-state index is 0.194. The number of thiazole rings is 1. The molecule has 2 fully saturated rings. The number of fused-ring (bicyclic) bond motifs is 2. The summed E-state index contributed by atoms with van der Waals surface area (Å²) in [7, 11) is 0. The smallest absolute Gasteiger partial charge is 0.220 e. The Morgan fingerprint density at radius 2 is 2.10 bits per heavy atom. The van der Waals surface area contributed by atoms with Crippen LogP contribution in [0.1, 0.15) is 47.5 Å². The molecule has 2 atom stereocenters. The zero-order chi connectivity index (χ0) is 14.4. The zero-order valence-corrected chi connectivity index (χ0v) is 12.7. The summed E-state index contributed by atoms with van der Waals surface area (Å²) < 4.78 is 0. The van der Waals surface area contributed by atoms with E-state index in [0.717, 1.165) is 49.6 Å². The maximum absolute atomic E-state index is 11.9. The summed E-state index contributed by atoms with van der Waals surface area (Å²) in [6.07, 6.45) is 5.19. The number of carbonyl (C=O) groups excluding carboxylic acids is 2. The molecule has 0 bridgehead atoms. The molecule has 2 saturated heterocycles. The van der Waals surface area contributed by atoms with E-state index in [9.17, 15) is 9.59 Å². The van der Waals surface area contributed by atoms with Crippen LogP contribution in [0.2, 0.25) is 0 Å². The van der Waals surface area contributed by atoms with Crippen LogP contribution in [-0.4, -0.2) is 35.8 Å². The first-order valence-corrected chi connectivity index (χ1v) is 8.59. The van der Waals surface area contributed by atoms with Crippen LogP contribution >= 0.6 is 11.3 Å². The minimum absolute atomic E-state index is 0.194. The normalized spacial score (nSPS) is 28.9. The predicted octanol–water partition coefficient (Wildman–Crippen LogP) is 1.77. The van der Waals surface area contributed by atoms with Gasteiger partial charge in [0, 0.05) is 36.9 Å². The number of piperidine rings is 2. The summed E-state index contributed by atoms with van der Waals surface area (Å²) in [4.78, 5) is 31.5. The fourth-order valence-corrected chi connectivity index (χ4v) is 4.83. The third-order valence-corrected chi connectivity index (χ3v) is 6.03. The molecule has 2 aliphatic heterocycles. The van der Waals surface area contributed by atoms with Crippen LogP contribution in [0.25, 0.3) is 0 Å². The van der Waals surface area contributed by atoms with Crippen molar-refractivity contribution in [2.45, 2.75) is 44.6 Å². The minimum Gasteiger partial charge on any atom is -0.353 e. The average Bonchev–Trinajstić information content (AvgIpc) is 2.92. The number of hydrogen-bond acceptors (Lipinski definition) is 5. The third-order valence-electron chi connectivity index (χ3n) is 4.85. The lowest BCUT2D eigenvalue weighted by molar-refractivity contribution is -0.124. The summed E-state index contributed by atoms with van der Waals surface area (Å²) in [5.74, 6) is 0.923. The number of aromatic nitrogens is 1. The van der Waals surface area contributed by atoms with E-state index >= 15 is 0 Å². The molecular weight excluding hydrogens is 286 g/mol. The molecule has 0 radical (unpaired) electrons. The van der Waals surface area contributed by atoms with E-state index in [4.69, 9.17) is 0 Å². The molecule has 1 aliphatic carbocycles. The molecule has 1 aromatic rings. The number of hydrogen-bond donors (Lipinski definition) is 1. The van der Waals surface area contributed by atoms with Crippen molar-refractivity contribution in [1.29, 1.82) is 0 Å². The number of amides is 1. The molecular formula is C15H19N3O2S. The maximum Gasteiger partial charge on any atom is 0.220 e. The van der Waals surface area contributed by atoms with Gasteiger partial charge in [0.2, 0.25) is 5.91 Å². The Bertz CT molecular complexity index is 598. The van der Waals surface area contributed by atoms with Crippen LogP contribution in [0, 0.1) is 5.92 Å². The van der Waals surface area contributed by atoms with Gasteiger partial charge in [-0.3, -0.25) is 9.59 Å². The van der Waals surface area contributed by atoms with Gasteiger partial charge in [0.15, 0.2) is 10.9 Å². The number of rotatable bonds is 1. The van der Waals surface area contributed by atoms with E-state index in [1.54, 1.807) is 11.3 Å². The van der Waals surface area contributed by atoms with Crippen molar-refractivity contribution in [1.82, 2.24) is 10.3 Å². The van der Waals surface area contributed by atoms with E-state index in [0.29, 0.717) is 24.8 Å². The largest absolute Gasteiger partial charge is 0.353 e. The Morgan fingerprint density at radius 3 is 2.95 bits per heavy atom. The maximum atomic E-state index is 11.9. The first-order chi connectivity index (χ1) is 10.2. The van der Waals surface area contributed by atoms with Gasteiger partial charge in [-0.2, -0.15) is 0 Å². The number of nitrogens with zero attached hydrogens (tertiary/aromatic N) is 2. The Labute approximate surface area is 127 Å². The van der Waals surface area contributed by atoms with Gasteiger partial charge in [-0.15, -0.1) is 11.3 Å². The van der Waals surface area contributed by atoms with Crippen LogP contribution < -0.4 is 10.2 Å². The fourth-order valence-electron chi connectivity index (χ4n) is 3.67. The van der Waals surface area contributed by atoms with Crippen molar-refractivity contribution >= 4 is 28.2 Å². The summed E-state index contributed by atoms with van der Waals surface area (Å²) >= 11 is 1.69. The van der Waals surface area contributed by atoms with Crippen LogP contribution in [0.3, 0.4) is 0 Å². The summed E-state index contributed by atoms with van der Waals surface area (Å²) in [5.41, 5.74) is 0.723. The number of nitrogens with one attached hydrogen (secondary N) is 1. The highest BCUT2D eigenvalue weighted by atomic mass is 32.1. The molecule has 1 aromatic heterocycles. The molecule has 3 heterocycles. The standard InChI is InChI=1S/C15H19N3O2S/c19-11-2-1-3-12-14(11)17-15(21-12)18-7-6-10-9(8-18)4-5-13(20)16-10/h9-10H,1-8H2,(H,16,20). The number of aryl methyl sites for hydroxylation is 1. The van der Waals surface area contributed by atoms with E-state index in [1.807, 2.05) is 0 Å². The molecule has 0 saturated carbocycles. The second kappa shape index (κ2) is 5.09. The number of carbonyl (C=O) groups is 2. The van der Waals surface area contributed by atoms with Gasteiger partial charge in [0.05, 0.1) is 0 Å². The van der Waals surface area contributed by atoms with Crippen molar-refractivity contribution in [3.63, 3.8) is 0 Å². The Balaban J connectivity index is 1.53. The van der Waals surface area contributed by atoms with Gasteiger partial charge in [0.1, 0.15) is 5.69 Å². The monoisotopic (exact) mass is 305 g/mol. The zero-order valence-electron chi connectivity index (χ0n) is 11.9. The first kappa shape index (κ1) is 13.2. The lowest BCUT2D eigenvalue weighted by Gasteiger charge is -2.41. The second-order valence-corrected chi connectivity index (χ2v) is 7.31. The van der Waals surface area contributed by atoms with Crippen molar-refractivity contribution in [2.24, 2.45) is 5.92 Å². The van der Waals surface area contributed by atoms with Gasteiger partial charge >= 0.3 is 0 Å². The first-order valence-electron chi connectivity index (χ1n) is 7.78. The van der Waals surface area contributed by atoms with E-state index in [1.165, 1.54) is 4.88 Å². The molecule has 3 aliphatic rings. The third kappa shape index (κ3) is 2.35. The number of ketones is 1. The molecule has 5 nitrogen and oxygen atoms in total. The van der Waals surface area contributed by atoms with Gasteiger partial charge in [-0.05, 0) is 31.6 Å². The van der Waals surface area contributed by atoms with Gasteiger partial charge < -0.3 is 10.2 Å². The highest BCUT2D eigenvalue weighted by molar-refractivity contribution is 7.16. The summed E-state index contributed by atoms with van der Waals surface area (Å²) in [6.45, 7) is 1.87. The molecule has 112 valence electrons. The van der Waals surface area contributed by atoms with E-state index in [-0.39, 0.29) is 11.7 Å². The SMILES string of the molecule is O=C1CCC2CN(c3nc4c(s3)CCCC4=O)CCC2N1. The molecule has 21 heavy (non-hydrogen) atoms. The van der Waals surface area contributed by atoms with E-state index in [2.05, 4.69) is 15.2 Å². The highest BCUT2D eigenvalue weighted by Gasteiger charge is 2.35. The lowest BCUT2D eigenvalue weighted by atomic mass is 9.85. The van der Waals surface area contributed by atoms with Crippen molar-refractivity contribution in [3.8, 4) is 0 Å². The van der Waals surface area contributed by atoms with Crippen LogP contribution in [0.15, 0.2) is 0 Å². The van der Waals surface area contributed by atoms with Crippen molar-refractivity contribution < 1.29 is 9.59 Å². The molecule has 2 unspecified atom stereocenters. The molecule has 4 rings (SSSR count). The van der Waals surface area contributed by atoms with Crippen LogP contribution in [0.5, 0.6) is 0 Å². The number of anilines is 1. The second-order valence-electron chi connectivity index (χ2n) is 6.25.